The van der Waals surface area contributed by atoms with Gasteiger partial charge in [-0.05, 0) is 100 Å². The zero-order valence-corrected chi connectivity index (χ0v) is 13.1. The van der Waals surface area contributed by atoms with Gasteiger partial charge < -0.3 is 10.0 Å². The predicted octanol–water partition coefficient (Wildman–Crippen LogP) is 3.30. The van der Waals surface area contributed by atoms with Crippen molar-refractivity contribution in [2.24, 2.45) is 29.1 Å². The molecule has 5 fully saturated rings. The summed E-state index contributed by atoms with van der Waals surface area (Å²) in [4.78, 5) is 2.74. The van der Waals surface area contributed by atoms with Crippen molar-refractivity contribution in [2.75, 3.05) is 19.6 Å². The lowest BCUT2D eigenvalue weighted by molar-refractivity contribution is -0.0742. The van der Waals surface area contributed by atoms with Gasteiger partial charge in [0.05, 0.1) is 6.10 Å². The number of piperidine rings is 1. The molecule has 114 valence electrons. The van der Waals surface area contributed by atoms with E-state index < -0.39 is 0 Å². The van der Waals surface area contributed by atoms with E-state index in [1.165, 1.54) is 51.7 Å². The van der Waals surface area contributed by atoms with E-state index in [1.807, 2.05) is 6.92 Å². The SMILES string of the molecule is CC(O)C1CCN(CC23CC4CC(CC(C4)C2)C3)CC1. The third-order valence-corrected chi connectivity index (χ3v) is 7.04. The Morgan fingerprint density at radius 1 is 1.00 bits per heavy atom. The summed E-state index contributed by atoms with van der Waals surface area (Å²) in [5.41, 5.74) is 0.701. The van der Waals surface area contributed by atoms with Crippen molar-refractivity contribution in [3.05, 3.63) is 0 Å². The van der Waals surface area contributed by atoms with Gasteiger partial charge in [-0.2, -0.15) is 0 Å². The molecular formula is C18H31NO. The quantitative estimate of drug-likeness (QED) is 0.855. The Morgan fingerprint density at radius 2 is 1.50 bits per heavy atom. The maximum atomic E-state index is 9.75. The molecule has 2 nitrogen and oxygen atoms in total. The summed E-state index contributed by atoms with van der Waals surface area (Å²) in [7, 11) is 0. The molecule has 0 aromatic rings. The van der Waals surface area contributed by atoms with Crippen LogP contribution in [0.1, 0.15) is 58.3 Å². The van der Waals surface area contributed by atoms with E-state index in [0.29, 0.717) is 11.3 Å². The van der Waals surface area contributed by atoms with Gasteiger partial charge in [0.25, 0.3) is 0 Å². The van der Waals surface area contributed by atoms with Gasteiger partial charge in [0, 0.05) is 6.54 Å². The molecule has 4 saturated carbocycles. The van der Waals surface area contributed by atoms with E-state index in [-0.39, 0.29) is 6.10 Å². The van der Waals surface area contributed by atoms with E-state index in [9.17, 15) is 5.11 Å². The molecule has 4 bridgehead atoms. The molecule has 1 unspecified atom stereocenters. The summed E-state index contributed by atoms with van der Waals surface area (Å²) in [6.07, 6.45) is 11.6. The first kappa shape index (κ1) is 13.6. The molecule has 1 N–H and O–H groups in total. The highest BCUT2D eigenvalue weighted by Crippen LogP contribution is 2.60. The van der Waals surface area contributed by atoms with E-state index in [2.05, 4.69) is 4.90 Å². The number of nitrogens with zero attached hydrogens (tertiary/aromatic N) is 1. The molecule has 0 aromatic heterocycles. The average molecular weight is 277 g/mol. The largest absolute Gasteiger partial charge is 0.393 e. The van der Waals surface area contributed by atoms with Crippen molar-refractivity contribution < 1.29 is 5.11 Å². The minimum absolute atomic E-state index is 0.100. The molecule has 4 aliphatic carbocycles. The van der Waals surface area contributed by atoms with E-state index >= 15 is 0 Å². The highest BCUT2D eigenvalue weighted by Gasteiger charge is 2.51. The highest BCUT2D eigenvalue weighted by molar-refractivity contribution is 5.02. The Balaban J connectivity index is 1.38. The zero-order valence-electron chi connectivity index (χ0n) is 13.1. The van der Waals surface area contributed by atoms with Gasteiger partial charge in [-0.15, -0.1) is 0 Å². The standard InChI is InChI=1S/C18H31NO/c1-13(20)17-2-4-19(5-3-17)12-18-9-14-6-15(10-18)8-16(7-14)11-18/h13-17,20H,2-12H2,1H3. The van der Waals surface area contributed by atoms with Crippen LogP contribution in [0.5, 0.6) is 0 Å². The fourth-order valence-electron chi connectivity index (χ4n) is 6.55. The molecule has 1 aliphatic heterocycles. The normalized spacial score (nSPS) is 46.8. The Hall–Kier alpha value is -0.0800. The van der Waals surface area contributed by atoms with Gasteiger partial charge >= 0.3 is 0 Å². The van der Waals surface area contributed by atoms with Crippen LogP contribution in [-0.4, -0.2) is 35.7 Å². The van der Waals surface area contributed by atoms with Crippen LogP contribution < -0.4 is 0 Å². The van der Waals surface area contributed by atoms with Crippen LogP contribution in [0.25, 0.3) is 0 Å². The van der Waals surface area contributed by atoms with Crippen LogP contribution in [0, 0.1) is 29.1 Å². The topological polar surface area (TPSA) is 23.5 Å². The Bertz CT molecular complexity index is 321. The first-order chi connectivity index (χ1) is 9.62. The predicted molar refractivity (Wildman–Crippen MR) is 81.4 cm³/mol. The molecule has 0 amide bonds. The summed E-state index contributed by atoms with van der Waals surface area (Å²) < 4.78 is 0. The highest BCUT2D eigenvalue weighted by atomic mass is 16.3. The second-order valence-corrected chi connectivity index (χ2v) is 8.77. The maximum Gasteiger partial charge on any atom is 0.0541 e. The lowest BCUT2D eigenvalue weighted by Crippen LogP contribution is -2.52. The van der Waals surface area contributed by atoms with Crippen molar-refractivity contribution in [1.29, 1.82) is 0 Å². The third-order valence-electron chi connectivity index (χ3n) is 7.04. The smallest absolute Gasteiger partial charge is 0.0541 e. The van der Waals surface area contributed by atoms with Gasteiger partial charge in [0.15, 0.2) is 0 Å². The Labute approximate surface area is 123 Å². The number of hydrogen-bond acceptors (Lipinski definition) is 2. The van der Waals surface area contributed by atoms with Crippen molar-refractivity contribution in [2.45, 2.75) is 64.4 Å². The second kappa shape index (κ2) is 4.98. The molecule has 0 spiro atoms. The van der Waals surface area contributed by atoms with Crippen molar-refractivity contribution >= 4 is 0 Å². The molecule has 2 heteroatoms. The third kappa shape index (κ3) is 2.43. The van der Waals surface area contributed by atoms with Crippen LogP contribution in [0.3, 0.4) is 0 Å². The molecule has 1 heterocycles. The fourth-order valence-corrected chi connectivity index (χ4v) is 6.55. The van der Waals surface area contributed by atoms with Crippen LogP contribution in [-0.2, 0) is 0 Å². The van der Waals surface area contributed by atoms with Gasteiger partial charge in [0.1, 0.15) is 0 Å². The van der Waals surface area contributed by atoms with E-state index in [0.717, 1.165) is 17.8 Å². The minimum atomic E-state index is -0.100. The molecule has 0 radical (unpaired) electrons. The van der Waals surface area contributed by atoms with Crippen LogP contribution in [0.2, 0.25) is 0 Å². The maximum absolute atomic E-state index is 9.75. The molecule has 0 aromatic carbocycles. The summed E-state index contributed by atoms with van der Waals surface area (Å²) >= 11 is 0. The number of aliphatic hydroxyl groups is 1. The molecule has 1 atom stereocenters. The first-order valence-corrected chi connectivity index (χ1v) is 9.02. The van der Waals surface area contributed by atoms with Gasteiger partial charge in [0.2, 0.25) is 0 Å². The Kier molecular flexibility index (Phi) is 3.38. The summed E-state index contributed by atoms with van der Waals surface area (Å²) in [6.45, 7) is 5.82. The first-order valence-electron chi connectivity index (χ1n) is 9.02. The van der Waals surface area contributed by atoms with Crippen LogP contribution in [0.4, 0.5) is 0 Å². The van der Waals surface area contributed by atoms with E-state index in [4.69, 9.17) is 0 Å². The molecule has 20 heavy (non-hydrogen) atoms. The lowest BCUT2D eigenvalue weighted by Gasteiger charge is -2.58. The number of hydrogen-bond donors (Lipinski definition) is 1. The van der Waals surface area contributed by atoms with Crippen molar-refractivity contribution in [3.63, 3.8) is 0 Å². The number of likely N-dealkylation sites (tertiary alicyclic amines) is 1. The van der Waals surface area contributed by atoms with Crippen molar-refractivity contribution in [3.8, 4) is 0 Å². The average Bonchev–Trinajstić information content (AvgIpc) is 2.37. The zero-order chi connectivity index (χ0) is 13.7. The molecule has 1 saturated heterocycles. The number of rotatable bonds is 3. The Morgan fingerprint density at radius 3 is 1.95 bits per heavy atom. The fraction of sp³-hybridized carbons (Fsp3) is 1.00. The van der Waals surface area contributed by atoms with E-state index in [1.54, 1.807) is 19.3 Å². The minimum Gasteiger partial charge on any atom is -0.393 e. The second-order valence-electron chi connectivity index (χ2n) is 8.77. The van der Waals surface area contributed by atoms with Gasteiger partial charge in [-0.1, -0.05) is 0 Å². The van der Waals surface area contributed by atoms with Crippen molar-refractivity contribution in [1.82, 2.24) is 4.90 Å². The lowest BCUT2D eigenvalue weighted by atomic mass is 9.49. The molecule has 5 rings (SSSR count). The molecular weight excluding hydrogens is 246 g/mol. The summed E-state index contributed by atoms with van der Waals surface area (Å²) in [5, 5.41) is 9.75. The summed E-state index contributed by atoms with van der Waals surface area (Å²) in [5.74, 6) is 3.80. The monoisotopic (exact) mass is 277 g/mol. The van der Waals surface area contributed by atoms with Gasteiger partial charge in [-0.25, -0.2) is 0 Å². The van der Waals surface area contributed by atoms with Crippen LogP contribution >= 0.6 is 0 Å². The summed E-state index contributed by atoms with van der Waals surface area (Å²) in [6, 6.07) is 0. The van der Waals surface area contributed by atoms with Gasteiger partial charge in [-0.3, -0.25) is 0 Å². The van der Waals surface area contributed by atoms with Crippen LogP contribution in [0.15, 0.2) is 0 Å². The molecule has 5 aliphatic rings. The number of aliphatic hydroxyl groups excluding tert-OH is 1.